The third-order valence-electron chi connectivity index (χ3n) is 3.94. The van der Waals surface area contributed by atoms with Crippen LogP contribution >= 0.6 is 0 Å². The van der Waals surface area contributed by atoms with Crippen molar-refractivity contribution in [2.75, 3.05) is 25.9 Å². The number of halogens is 1. The summed E-state index contributed by atoms with van der Waals surface area (Å²) in [7, 11) is 1.51. The number of likely N-dealkylation sites (N-methyl/N-ethyl adjacent to an activating group) is 1. The van der Waals surface area contributed by atoms with Crippen molar-refractivity contribution in [3.8, 4) is 11.4 Å². The molecule has 1 aromatic carbocycles. The molecular formula is C15H19FN4O. The minimum absolute atomic E-state index is 0.0921. The molecule has 0 bridgehead atoms. The minimum Gasteiger partial charge on any atom is -0.494 e. The van der Waals surface area contributed by atoms with Crippen LogP contribution in [-0.4, -0.2) is 34.9 Å². The Morgan fingerprint density at radius 2 is 2.24 bits per heavy atom. The SMILES string of the molecule is CCN1CCc2nn(-c3c(OC)ccc(N)c3F)cc2C1. The number of rotatable bonds is 3. The molecule has 2 heterocycles. The van der Waals surface area contributed by atoms with Crippen molar-refractivity contribution in [1.29, 1.82) is 0 Å². The fourth-order valence-electron chi connectivity index (χ4n) is 2.70. The second kappa shape index (κ2) is 5.37. The maximum absolute atomic E-state index is 14.4. The maximum atomic E-state index is 14.4. The molecule has 1 aliphatic rings. The van der Waals surface area contributed by atoms with E-state index in [0.717, 1.165) is 37.3 Å². The third kappa shape index (κ3) is 2.35. The molecule has 0 atom stereocenters. The van der Waals surface area contributed by atoms with E-state index in [-0.39, 0.29) is 11.4 Å². The van der Waals surface area contributed by atoms with Gasteiger partial charge in [0.15, 0.2) is 5.82 Å². The summed E-state index contributed by atoms with van der Waals surface area (Å²) >= 11 is 0. The quantitative estimate of drug-likeness (QED) is 0.878. The van der Waals surface area contributed by atoms with Crippen LogP contribution in [-0.2, 0) is 13.0 Å². The van der Waals surface area contributed by atoms with Crippen LogP contribution in [0.4, 0.5) is 10.1 Å². The molecule has 1 aromatic heterocycles. The highest BCUT2D eigenvalue weighted by molar-refractivity contribution is 5.58. The first-order chi connectivity index (χ1) is 10.1. The second-order valence-electron chi connectivity index (χ2n) is 5.18. The number of nitrogens with two attached hydrogens (primary N) is 1. The van der Waals surface area contributed by atoms with E-state index >= 15 is 0 Å². The van der Waals surface area contributed by atoms with Gasteiger partial charge in [0.1, 0.15) is 11.4 Å². The summed E-state index contributed by atoms with van der Waals surface area (Å²) in [6.45, 7) is 4.96. The molecular weight excluding hydrogens is 271 g/mol. The maximum Gasteiger partial charge on any atom is 0.175 e. The number of hydrogen-bond donors (Lipinski definition) is 1. The summed E-state index contributed by atoms with van der Waals surface area (Å²) in [6, 6.07) is 3.16. The van der Waals surface area contributed by atoms with Gasteiger partial charge in [0.25, 0.3) is 0 Å². The lowest BCUT2D eigenvalue weighted by molar-refractivity contribution is 0.267. The van der Waals surface area contributed by atoms with Gasteiger partial charge in [-0.1, -0.05) is 6.92 Å². The van der Waals surface area contributed by atoms with E-state index in [2.05, 4.69) is 16.9 Å². The summed E-state index contributed by atoms with van der Waals surface area (Å²) in [4.78, 5) is 2.33. The molecule has 0 fully saturated rings. The van der Waals surface area contributed by atoms with Gasteiger partial charge in [-0.3, -0.25) is 4.90 Å². The van der Waals surface area contributed by atoms with E-state index in [1.807, 2.05) is 6.20 Å². The molecule has 1 aliphatic heterocycles. The zero-order chi connectivity index (χ0) is 15.0. The van der Waals surface area contributed by atoms with Crippen molar-refractivity contribution in [2.45, 2.75) is 19.9 Å². The van der Waals surface area contributed by atoms with Gasteiger partial charge < -0.3 is 10.5 Å². The molecule has 21 heavy (non-hydrogen) atoms. The minimum atomic E-state index is -0.499. The zero-order valence-electron chi connectivity index (χ0n) is 12.3. The number of anilines is 1. The predicted molar refractivity (Wildman–Crippen MR) is 79.1 cm³/mol. The first-order valence-electron chi connectivity index (χ1n) is 7.06. The third-order valence-corrected chi connectivity index (χ3v) is 3.94. The summed E-state index contributed by atoms with van der Waals surface area (Å²) in [6.07, 6.45) is 2.75. The van der Waals surface area contributed by atoms with Crippen LogP contribution < -0.4 is 10.5 Å². The zero-order valence-corrected chi connectivity index (χ0v) is 12.3. The molecule has 6 heteroatoms. The summed E-state index contributed by atoms with van der Waals surface area (Å²) < 4.78 is 21.2. The van der Waals surface area contributed by atoms with Gasteiger partial charge in [0.2, 0.25) is 0 Å². The molecule has 0 spiro atoms. The molecule has 0 saturated carbocycles. The van der Waals surface area contributed by atoms with E-state index < -0.39 is 5.82 Å². The first-order valence-corrected chi connectivity index (χ1v) is 7.06. The van der Waals surface area contributed by atoms with E-state index in [0.29, 0.717) is 5.75 Å². The Bertz CT molecular complexity index is 668. The first kappa shape index (κ1) is 13.9. The highest BCUT2D eigenvalue weighted by Gasteiger charge is 2.22. The monoisotopic (exact) mass is 290 g/mol. The second-order valence-corrected chi connectivity index (χ2v) is 5.18. The molecule has 0 amide bonds. The van der Waals surface area contributed by atoms with Crippen molar-refractivity contribution in [3.63, 3.8) is 0 Å². The largest absolute Gasteiger partial charge is 0.494 e. The molecule has 0 unspecified atom stereocenters. The lowest BCUT2D eigenvalue weighted by Crippen LogP contribution is -2.29. The molecule has 3 rings (SSSR count). The summed E-state index contributed by atoms with van der Waals surface area (Å²) in [5.74, 6) is -0.0737. The standard InChI is InChI=1S/C15H19FN4O/c1-3-19-7-6-12-10(8-19)9-20(18-12)15-13(21-2)5-4-11(17)14(15)16/h4-5,9H,3,6-8,17H2,1-2H3. The van der Waals surface area contributed by atoms with E-state index in [1.165, 1.54) is 13.2 Å². The number of aromatic nitrogens is 2. The van der Waals surface area contributed by atoms with Crippen LogP contribution in [0.25, 0.3) is 5.69 Å². The van der Waals surface area contributed by atoms with Gasteiger partial charge in [-0.2, -0.15) is 5.10 Å². The molecule has 0 saturated heterocycles. The molecule has 2 aromatic rings. The summed E-state index contributed by atoms with van der Waals surface area (Å²) in [5.41, 5.74) is 8.18. The topological polar surface area (TPSA) is 56.3 Å². The lowest BCUT2D eigenvalue weighted by Gasteiger charge is -2.23. The fraction of sp³-hybridized carbons (Fsp3) is 0.400. The molecule has 2 N–H and O–H groups in total. The number of nitrogens with zero attached hydrogens (tertiary/aromatic N) is 3. The number of ether oxygens (including phenoxy) is 1. The molecule has 5 nitrogen and oxygen atoms in total. The highest BCUT2D eigenvalue weighted by Crippen LogP contribution is 2.30. The lowest BCUT2D eigenvalue weighted by atomic mass is 10.1. The van der Waals surface area contributed by atoms with Crippen LogP contribution in [0.15, 0.2) is 18.3 Å². The van der Waals surface area contributed by atoms with E-state index in [1.54, 1.807) is 10.7 Å². The average molecular weight is 290 g/mol. The van der Waals surface area contributed by atoms with Gasteiger partial charge in [0.05, 0.1) is 18.5 Å². The van der Waals surface area contributed by atoms with Gasteiger partial charge >= 0.3 is 0 Å². The van der Waals surface area contributed by atoms with Gasteiger partial charge in [-0.05, 0) is 18.7 Å². The Morgan fingerprint density at radius 1 is 1.43 bits per heavy atom. The molecule has 0 radical (unpaired) electrons. The fourth-order valence-corrected chi connectivity index (χ4v) is 2.70. The Labute approximate surface area is 123 Å². The number of nitrogen functional groups attached to an aromatic ring is 1. The van der Waals surface area contributed by atoms with Crippen LogP contribution in [0, 0.1) is 5.82 Å². The van der Waals surface area contributed by atoms with Gasteiger partial charge in [-0.15, -0.1) is 0 Å². The van der Waals surface area contributed by atoms with Crippen LogP contribution in [0.2, 0.25) is 0 Å². The Balaban J connectivity index is 2.06. The van der Waals surface area contributed by atoms with E-state index in [4.69, 9.17) is 10.5 Å². The normalized spacial score (nSPS) is 15.0. The van der Waals surface area contributed by atoms with Crippen molar-refractivity contribution in [3.05, 3.63) is 35.4 Å². The molecule has 112 valence electrons. The number of fused-ring (bicyclic) bond motifs is 1. The van der Waals surface area contributed by atoms with Crippen molar-refractivity contribution < 1.29 is 9.13 Å². The summed E-state index contributed by atoms with van der Waals surface area (Å²) in [5, 5.41) is 4.51. The number of methoxy groups -OCH3 is 1. The Kier molecular flexibility index (Phi) is 3.55. The van der Waals surface area contributed by atoms with Crippen LogP contribution in [0.5, 0.6) is 5.75 Å². The van der Waals surface area contributed by atoms with Gasteiger partial charge in [-0.25, -0.2) is 9.07 Å². The predicted octanol–water partition coefficient (Wildman–Crippen LogP) is 1.98. The molecule has 0 aliphatic carbocycles. The number of hydrogen-bond acceptors (Lipinski definition) is 4. The van der Waals surface area contributed by atoms with Crippen molar-refractivity contribution in [1.82, 2.24) is 14.7 Å². The Hall–Kier alpha value is -2.08. The number of benzene rings is 1. The van der Waals surface area contributed by atoms with Crippen LogP contribution in [0.1, 0.15) is 18.2 Å². The van der Waals surface area contributed by atoms with Gasteiger partial charge in [0, 0.05) is 31.3 Å². The van der Waals surface area contributed by atoms with Crippen molar-refractivity contribution >= 4 is 5.69 Å². The van der Waals surface area contributed by atoms with E-state index in [9.17, 15) is 4.39 Å². The average Bonchev–Trinajstić information content (AvgIpc) is 2.91. The Morgan fingerprint density at radius 3 is 2.95 bits per heavy atom. The van der Waals surface area contributed by atoms with Crippen LogP contribution in [0.3, 0.4) is 0 Å². The smallest absolute Gasteiger partial charge is 0.175 e. The van der Waals surface area contributed by atoms with Crippen molar-refractivity contribution in [2.24, 2.45) is 0 Å². The highest BCUT2D eigenvalue weighted by atomic mass is 19.1.